The highest BCUT2D eigenvalue weighted by atomic mass is 35.5. The van der Waals surface area contributed by atoms with Crippen molar-refractivity contribution in [3.05, 3.63) is 39.7 Å². The molecular formula is C19H27Cl2N3O3. The van der Waals surface area contributed by atoms with Crippen LogP contribution in [0.3, 0.4) is 0 Å². The molecule has 1 atom stereocenters. The van der Waals surface area contributed by atoms with Crippen LogP contribution in [-0.4, -0.2) is 30.6 Å². The first-order valence-electron chi connectivity index (χ1n) is 8.92. The first kappa shape index (κ1) is 23.3. The topological polar surface area (TPSA) is 83.2 Å². The van der Waals surface area contributed by atoms with Crippen molar-refractivity contribution in [1.82, 2.24) is 10.3 Å². The highest BCUT2D eigenvalue weighted by Crippen LogP contribution is 2.29. The van der Waals surface area contributed by atoms with Gasteiger partial charge in [-0.15, -0.1) is 24.8 Å². The van der Waals surface area contributed by atoms with Crippen LogP contribution in [0, 0.1) is 0 Å². The average molecular weight is 416 g/mol. The fourth-order valence-electron chi connectivity index (χ4n) is 3.29. The zero-order valence-corrected chi connectivity index (χ0v) is 17.2. The molecule has 27 heavy (non-hydrogen) atoms. The van der Waals surface area contributed by atoms with Gasteiger partial charge in [-0.25, -0.2) is 0 Å². The normalized spacial score (nSPS) is 13.6. The lowest BCUT2D eigenvalue weighted by Crippen LogP contribution is -2.24. The van der Waals surface area contributed by atoms with Crippen LogP contribution in [0.15, 0.2) is 23.0 Å². The largest absolute Gasteiger partial charge is 0.466 e. The Hall–Kier alpha value is -1.76. The van der Waals surface area contributed by atoms with Crippen LogP contribution in [0.5, 0.6) is 0 Å². The minimum atomic E-state index is -0.192. The number of aromatic nitrogens is 1. The molecule has 1 aliphatic rings. The molecule has 0 bridgehead atoms. The third-order valence-corrected chi connectivity index (χ3v) is 4.63. The number of fused-ring (bicyclic) bond motifs is 3. The van der Waals surface area contributed by atoms with Crippen LogP contribution in [0.25, 0.3) is 10.9 Å². The maximum absolute atomic E-state index is 12.3. The Morgan fingerprint density at radius 2 is 2.11 bits per heavy atom. The molecule has 0 amide bonds. The van der Waals surface area contributed by atoms with Crippen molar-refractivity contribution in [2.75, 3.05) is 25.0 Å². The number of nitrogens with one attached hydrogen (secondary N) is 3. The van der Waals surface area contributed by atoms with Gasteiger partial charge in [-0.05, 0) is 38.3 Å². The summed E-state index contributed by atoms with van der Waals surface area (Å²) < 4.78 is 4.93. The van der Waals surface area contributed by atoms with Crippen molar-refractivity contribution >= 4 is 47.4 Å². The molecule has 0 radical (unpaired) electrons. The van der Waals surface area contributed by atoms with E-state index < -0.39 is 0 Å². The number of H-pyrrole nitrogens is 1. The lowest BCUT2D eigenvalue weighted by molar-refractivity contribution is -0.143. The van der Waals surface area contributed by atoms with Gasteiger partial charge in [-0.3, -0.25) is 9.59 Å². The highest BCUT2D eigenvalue weighted by Gasteiger charge is 2.17. The van der Waals surface area contributed by atoms with Crippen LogP contribution in [0.2, 0.25) is 0 Å². The summed E-state index contributed by atoms with van der Waals surface area (Å²) in [6, 6.07) is 6.21. The SMILES string of the molecule is CCOC(=O)CCNC(C)c1ccc2c3c(c(=O)[nH]c2c1)CCCN3.Cl.Cl. The second kappa shape index (κ2) is 10.5. The van der Waals surface area contributed by atoms with Crippen molar-refractivity contribution in [3.8, 4) is 0 Å². The Kier molecular flexibility index (Phi) is 9.09. The Bertz CT molecular complexity index is 839. The molecule has 0 fully saturated rings. The number of anilines is 1. The molecule has 2 aromatic rings. The smallest absolute Gasteiger partial charge is 0.307 e. The van der Waals surface area contributed by atoms with Gasteiger partial charge >= 0.3 is 5.97 Å². The molecule has 1 unspecified atom stereocenters. The van der Waals surface area contributed by atoms with E-state index in [1.165, 1.54) is 0 Å². The molecule has 150 valence electrons. The van der Waals surface area contributed by atoms with Gasteiger partial charge in [-0.1, -0.05) is 12.1 Å². The van der Waals surface area contributed by atoms with E-state index in [0.717, 1.165) is 47.1 Å². The molecule has 3 N–H and O–H groups in total. The summed E-state index contributed by atoms with van der Waals surface area (Å²) in [6.07, 6.45) is 2.16. The summed E-state index contributed by atoms with van der Waals surface area (Å²) in [5.41, 5.74) is 3.74. The molecule has 0 saturated carbocycles. The van der Waals surface area contributed by atoms with E-state index in [0.29, 0.717) is 19.6 Å². The number of ether oxygens (including phenoxy) is 1. The summed E-state index contributed by atoms with van der Waals surface area (Å²) in [5.74, 6) is -0.192. The van der Waals surface area contributed by atoms with Crippen LogP contribution in [-0.2, 0) is 16.0 Å². The average Bonchev–Trinajstić information content (AvgIpc) is 2.61. The number of rotatable bonds is 6. The van der Waals surface area contributed by atoms with Crippen molar-refractivity contribution in [3.63, 3.8) is 0 Å². The molecule has 0 saturated heterocycles. The van der Waals surface area contributed by atoms with Crippen molar-refractivity contribution in [2.24, 2.45) is 0 Å². The van der Waals surface area contributed by atoms with E-state index in [1.54, 1.807) is 6.92 Å². The van der Waals surface area contributed by atoms with E-state index in [-0.39, 0.29) is 42.4 Å². The van der Waals surface area contributed by atoms with Crippen LogP contribution >= 0.6 is 24.8 Å². The van der Waals surface area contributed by atoms with E-state index in [1.807, 2.05) is 13.0 Å². The number of esters is 1. The number of hydrogen-bond acceptors (Lipinski definition) is 5. The number of carbonyl (C=O) groups is 1. The zero-order valence-electron chi connectivity index (χ0n) is 15.6. The molecule has 6 nitrogen and oxygen atoms in total. The molecule has 8 heteroatoms. The molecule has 1 aromatic carbocycles. The van der Waals surface area contributed by atoms with Gasteiger partial charge in [0.15, 0.2) is 0 Å². The number of carbonyl (C=O) groups excluding carboxylic acids is 1. The molecule has 3 rings (SSSR count). The first-order chi connectivity index (χ1) is 12.1. The van der Waals surface area contributed by atoms with Gasteiger partial charge in [0.1, 0.15) is 0 Å². The number of benzene rings is 1. The van der Waals surface area contributed by atoms with E-state index in [9.17, 15) is 9.59 Å². The predicted octanol–water partition coefficient (Wildman–Crippen LogP) is 3.33. The quantitative estimate of drug-likeness (QED) is 0.630. The fourth-order valence-corrected chi connectivity index (χ4v) is 3.29. The van der Waals surface area contributed by atoms with E-state index >= 15 is 0 Å². The van der Waals surface area contributed by atoms with Gasteiger partial charge in [0.05, 0.1) is 24.2 Å². The van der Waals surface area contributed by atoms with Gasteiger partial charge in [0.2, 0.25) is 0 Å². The number of halogens is 2. The predicted molar refractivity (Wildman–Crippen MR) is 114 cm³/mol. The Balaban J connectivity index is 0.00000182. The Morgan fingerprint density at radius 1 is 1.33 bits per heavy atom. The minimum Gasteiger partial charge on any atom is -0.466 e. The third kappa shape index (κ3) is 5.37. The summed E-state index contributed by atoms with van der Waals surface area (Å²) >= 11 is 0. The fraction of sp³-hybridized carbons (Fsp3) is 0.474. The summed E-state index contributed by atoms with van der Waals surface area (Å²) in [5, 5.41) is 7.74. The van der Waals surface area contributed by atoms with Gasteiger partial charge in [-0.2, -0.15) is 0 Å². The molecular weight excluding hydrogens is 389 g/mol. The van der Waals surface area contributed by atoms with Gasteiger partial charge < -0.3 is 20.4 Å². The monoisotopic (exact) mass is 415 g/mol. The molecule has 2 heterocycles. The summed E-state index contributed by atoms with van der Waals surface area (Å²) in [4.78, 5) is 26.7. The summed E-state index contributed by atoms with van der Waals surface area (Å²) in [6.45, 7) is 5.71. The minimum absolute atomic E-state index is 0. The van der Waals surface area contributed by atoms with Crippen molar-refractivity contribution < 1.29 is 9.53 Å². The second-order valence-corrected chi connectivity index (χ2v) is 6.37. The number of aromatic amines is 1. The number of pyridine rings is 1. The van der Waals surface area contributed by atoms with Crippen LogP contribution in [0.4, 0.5) is 5.69 Å². The third-order valence-electron chi connectivity index (χ3n) is 4.63. The molecule has 0 spiro atoms. The molecule has 1 aromatic heterocycles. The Morgan fingerprint density at radius 3 is 2.85 bits per heavy atom. The van der Waals surface area contributed by atoms with E-state index in [4.69, 9.17) is 4.74 Å². The lowest BCUT2D eigenvalue weighted by Gasteiger charge is -2.20. The molecule has 1 aliphatic heterocycles. The first-order valence-corrected chi connectivity index (χ1v) is 8.92. The van der Waals surface area contributed by atoms with Crippen molar-refractivity contribution in [2.45, 2.75) is 39.2 Å². The zero-order chi connectivity index (χ0) is 17.8. The van der Waals surface area contributed by atoms with Gasteiger partial charge in [0.25, 0.3) is 5.56 Å². The maximum atomic E-state index is 12.3. The Labute approximate surface area is 171 Å². The number of hydrogen-bond donors (Lipinski definition) is 3. The highest BCUT2D eigenvalue weighted by molar-refractivity contribution is 5.93. The maximum Gasteiger partial charge on any atom is 0.307 e. The lowest BCUT2D eigenvalue weighted by atomic mass is 9.99. The van der Waals surface area contributed by atoms with E-state index in [2.05, 4.69) is 27.8 Å². The second-order valence-electron chi connectivity index (χ2n) is 6.37. The summed E-state index contributed by atoms with van der Waals surface area (Å²) in [7, 11) is 0. The van der Waals surface area contributed by atoms with Crippen LogP contribution < -0.4 is 16.2 Å². The standard InChI is InChI=1S/C19H25N3O3.2ClH/c1-3-25-17(23)8-10-20-12(2)13-6-7-14-16(11-13)22-19(24)15-5-4-9-21-18(14)15;;/h6-7,11-12,20-21H,3-5,8-10H2,1-2H3,(H,22,24);2*1H. The molecule has 0 aliphatic carbocycles. The van der Waals surface area contributed by atoms with Crippen molar-refractivity contribution in [1.29, 1.82) is 0 Å². The van der Waals surface area contributed by atoms with Crippen LogP contribution in [0.1, 0.15) is 43.9 Å². The van der Waals surface area contributed by atoms with Gasteiger partial charge in [0, 0.05) is 30.1 Å².